The van der Waals surface area contributed by atoms with Crippen molar-refractivity contribution in [3.63, 3.8) is 0 Å². The van der Waals surface area contributed by atoms with E-state index in [2.05, 4.69) is 4.98 Å². The molecule has 0 aromatic carbocycles. The van der Waals surface area contributed by atoms with Gasteiger partial charge in [0.2, 0.25) is 11.8 Å². The largest absolute Gasteiger partial charge is 0.341 e. The Hall–Kier alpha value is -1.56. The first-order valence-corrected chi connectivity index (χ1v) is 8.87. The number of carbonyl (C=O) groups is 2. The fourth-order valence-electron chi connectivity index (χ4n) is 2.58. The van der Waals surface area contributed by atoms with Gasteiger partial charge in [0.25, 0.3) is 0 Å². The van der Waals surface area contributed by atoms with Crippen LogP contribution in [-0.2, 0) is 16.0 Å². The molecule has 2 heterocycles. The molecule has 0 bridgehead atoms. The summed E-state index contributed by atoms with van der Waals surface area (Å²) in [5.41, 5.74) is 1.10. The molecule has 0 saturated carbocycles. The maximum atomic E-state index is 12.5. The van der Waals surface area contributed by atoms with Gasteiger partial charge in [0.05, 0.1) is 5.88 Å². The Morgan fingerprint density at radius 2 is 2.00 bits per heavy atom. The summed E-state index contributed by atoms with van der Waals surface area (Å²) in [5, 5.41) is 0. The summed E-state index contributed by atoms with van der Waals surface area (Å²) in [5.74, 6) is 1.46. The van der Waals surface area contributed by atoms with E-state index in [1.807, 2.05) is 26.0 Å². The predicted molar refractivity (Wildman–Crippen MR) is 88.4 cm³/mol. The Morgan fingerprint density at radius 3 is 2.64 bits per heavy atom. The molecule has 1 aromatic heterocycles. The van der Waals surface area contributed by atoms with Crippen molar-refractivity contribution in [3.05, 3.63) is 30.1 Å². The zero-order valence-corrected chi connectivity index (χ0v) is 14.0. The van der Waals surface area contributed by atoms with Crippen LogP contribution in [0.3, 0.4) is 0 Å². The predicted octanol–water partition coefficient (Wildman–Crippen LogP) is 1.78. The van der Waals surface area contributed by atoms with Gasteiger partial charge in [-0.1, -0.05) is 0 Å². The van der Waals surface area contributed by atoms with Crippen molar-refractivity contribution in [3.8, 4) is 0 Å². The number of nitrogens with zero attached hydrogens (tertiary/aromatic N) is 3. The smallest absolute Gasteiger partial charge is 0.246 e. The van der Waals surface area contributed by atoms with Crippen LogP contribution < -0.4 is 0 Å². The Morgan fingerprint density at radius 1 is 1.32 bits per heavy atom. The Bertz CT molecular complexity index is 505. The lowest BCUT2D eigenvalue weighted by atomic mass is 10.1. The lowest BCUT2D eigenvalue weighted by Crippen LogP contribution is -2.49. The fourth-order valence-corrected chi connectivity index (χ4v) is 3.76. The molecule has 1 aromatic rings. The van der Waals surface area contributed by atoms with E-state index in [1.165, 1.54) is 0 Å². The molecule has 0 N–H and O–H groups in total. The standard InChI is InChI=1S/C16H23N3O2S/c1-3-18(4-2)16(21)14-11-22-12-19(14)15(20)6-5-13-7-9-17-10-8-13/h7-10,14H,3-6,11-12H2,1-2H3/t14-/m1/s1. The molecule has 5 nitrogen and oxygen atoms in total. The van der Waals surface area contributed by atoms with Crippen LogP contribution in [0.5, 0.6) is 0 Å². The van der Waals surface area contributed by atoms with Crippen molar-refractivity contribution in [2.75, 3.05) is 24.7 Å². The van der Waals surface area contributed by atoms with Crippen LogP contribution >= 0.6 is 11.8 Å². The molecule has 120 valence electrons. The number of thioether (sulfide) groups is 1. The molecule has 2 rings (SSSR count). The highest BCUT2D eigenvalue weighted by Gasteiger charge is 2.35. The second kappa shape index (κ2) is 8.17. The Kier molecular flexibility index (Phi) is 6.24. The average molecular weight is 321 g/mol. The van der Waals surface area contributed by atoms with Gasteiger partial charge in [-0.15, -0.1) is 11.8 Å². The van der Waals surface area contributed by atoms with Gasteiger partial charge in [-0.25, -0.2) is 0 Å². The molecule has 22 heavy (non-hydrogen) atoms. The van der Waals surface area contributed by atoms with E-state index in [0.717, 1.165) is 5.56 Å². The van der Waals surface area contributed by atoms with Crippen LogP contribution in [0, 0.1) is 0 Å². The lowest BCUT2D eigenvalue weighted by molar-refractivity contribution is -0.143. The number of hydrogen-bond donors (Lipinski definition) is 0. The van der Waals surface area contributed by atoms with Crippen molar-refractivity contribution in [1.82, 2.24) is 14.8 Å². The number of aromatic nitrogens is 1. The first kappa shape index (κ1) is 16.8. The Labute approximate surface area is 136 Å². The molecule has 1 atom stereocenters. The molecule has 0 unspecified atom stereocenters. The first-order chi connectivity index (χ1) is 10.7. The third-order valence-electron chi connectivity index (χ3n) is 3.94. The van der Waals surface area contributed by atoms with Gasteiger partial charge in [-0.3, -0.25) is 14.6 Å². The van der Waals surface area contributed by atoms with Crippen LogP contribution in [0.15, 0.2) is 24.5 Å². The molecular weight excluding hydrogens is 298 g/mol. The quantitative estimate of drug-likeness (QED) is 0.801. The normalized spacial score (nSPS) is 17.5. The van der Waals surface area contributed by atoms with Crippen molar-refractivity contribution in [1.29, 1.82) is 0 Å². The van der Waals surface area contributed by atoms with Crippen LogP contribution in [0.25, 0.3) is 0 Å². The maximum Gasteiger partial charge on any atom is 0.246 e. The van der Waals surface area contributed by atoms with Crippen LogP contribution in [0.2, 0.25) is 0 Å². The summed E-state index contributed by atoms with van der Waals surface area (Å²) >= 11 is 1.65. The maximum absolute atomic E-state index is 12.5. The summed E-state index contributed by atoms with van der Waals surface area (Å²) in [7, 11) is 0. The SMILES string of the molecule is CCN(CC)C(=O)[C@H]1CSCN1C(=O)CCc1ccncc1. The molecule has 2 amide bonds. The van der Waals surface area contributed by atoms with Gasteiger partial charge in [0.1, 0.15) is 6.04 Å². The van der Waals surface area contributed by atoms with Gasteiger partial charge in [-0.2, -0.15) is 0 Å². The summed E-state index contributed by atoms with van der Waals surface area (Å²) in [6, 6.07) is 3.55. The van der Waals surface area contributed by atoms with E-state index in [0.29, 0.717) is 37.6 Å². The molecular formula is C16H23N3O2S. The highest BCUT2D eigenvalue weighted by molar-refractivity contribution is 7.99. The number of carbonyl (C=O) groups excluding carboxylic acids is 2. The topological polar surface area (TPSA) is 53.5 Å². The van der Waals surface area contributed by atoms with Gasteiger partial charge >= 0.3 is 0 Å². The van der Waals surface area contributed by atoms with Crippen molar-refractivity contribution in [2.24, 2.45) is 0 Å². The molecule has 1 fully saturated rings. The minimum Gasteiger partial charge on any atom is -0.341 e. The van der Waals surface area contributed by atoms with E-state index in [4.69, 9.17) is 0 Å². The molecule has 6 heteroatoms. The van der Waals surface area contributed by atoms with E-state index in [1.54, 1.807) is 34.0 Å². The zero-order valence-electron chi connectivity index (χ0n) is 13.2. The molecule has 1 saturated heterocycles. The van der Waals surface area contributed by atoms with Gasteiger partial charge < -0.3 is 9.80 Å². The van der Waals surface area contributed by atoms with Crippen LogP contribution in [-0.4, -0.2) is 57.4 Å². The number of pyridine rings is 1. The van der Waals surface area contributed by atoms with Crippen molar-refractivity contribution < 1.29 is 9.59 Å². The summed E-state index contributed by atoms with van der Waals surface area (Å²) in [6.45, 7) is 5.32. The monoisotopic (exact) mass is 321 g/mol. The highest BCUT2D eigenvalue weighted by atomic mass is 32.2. The van der Waals surface area contributed by atoms with Gasteiger partial charge in [-0.05, 0) is 38.0 Å². The second-order valence-electron chi connectivity index (χ2n) is 5.25. The van der Waals surface area contributed by atoms with E-state index in [9.17, 15) is 9.59 Å². The molecule has 0 radical (unpaired) electrons. The fraction of sp³-hybridized carbons (Fsp3) is 0.562. The molecule has 1 aliphatic rings. The second-order valence-corrected chi connectivity index (χ2v) is 6.24. The third kappa shape index (κ3) is 4.00. The highest BCUT2D eigenvalue weighted by Crippen LogP contribution is 2.23. The van der Waals surface area contributed by atoms with Gasteiger partial charge in [0, 0.05) is 37.7 Å². The molecule has 0 spiro atoms. The summed E-state index contributed by atoms with van der Waals surface area (Å²) in [6.07, 6.45) is 4.59. The molecule has 0 aliphatic carbocycles. The first-order valence-electron chi connectivity index (χ1n) is 7.72. The van der Waals surface area contributed by atoms with Crippen LogP contribution in [0.4, 0.5) is 0 Å². The van der Waals surface area contributed by atoms with Crippen LogP contribution in [0.1, 0.15) is 25.8 Å². The third-order valence-corrected chi connectivity index (χ3v) is 4.95. The summed E-state index contributed by atoms with van der Waals surface area (Å²) in [4.78, 5) is 32.5. The number of rotatable bonds is 6. The number of likely N-dealkylation sites (N-methyl/N-ethyl adjacent to an activating group) is 1. The zero-order chi connectivity index (χ0) is 15.9. The Balaban J connectivity index is 1.94. The van der Waals surface area contributed by atoms with E-state index >= 15 is 0 Å². The number of hydrogen-bond acceptors (Lipinski definition) is 4. The van der Waals surface area contributed by atoms with E-state index < -0.39 is 0 Å². The lowest BCUT2D eigenvalue weighted by Gasteiger charge is -2.28. The number of aryl methyl sites for hydroxylation is 1. The minimum absolute atomic E-state index is 0.0623. The van der Waals surface area contributed by atoms with Crippen molar-refractivity contribution in [2.45, 2.75) is 32.7 Å². The van der Waals surface area contributed by atoms with Crippen molar-refractivity contribution >= 4 is 23.6 Å². The minimum atomic E-state index is -0.296. The average Bonchev–Trinajstić information content (AvgIpc) is 3.04. The summed E-state index contributed by atoms with van der Waals surface area (Å²) < 4.78 is 0. The molecule has 1 aliphatic heterocycles. The number of amides is 2. The van der Waals surface area contributed by atoms with E-state index in [-0.39, 0.29) is 17.9 Å². The van der Waals surface area contributed by atoms with Gasteiger partial charge in [0.15, 0.2) is 0 Å².